The second-order valence-corrected chi connectivity index (χ2v) is 7.51. The van der Waals surface area contributed by atoms with Gasteiger partial charge in [0.15, 0.2) is 0 Å². The number of hydrogen-bond donors (Lipinski definition) is 2. The molecule has 0 aromatic carbocycles. The lowest BCUT2D eigenvalue weighted by Crippen LogP contribution is -2.67. The summed E-state index contributed by atoms with van der Waals surface area (Å²) in [5.74, 6) is -0.893. The van der Waals surface area contributed by atoms with Crippen molar-refractivity contribution in [3.05, 3.63) is 0 Å². The molecule has 2 heterocycles. The monoisotopic (exact) mass is 383 g/mol. The van der Waals surface area contributed by atoms with Gasteiger partial charge in [0.1, 0.15) is 5.54 Å². The Balaban J connectivity index is 2.16. The lowest BCUT2D eigenvalue weighted by atomic mass is 9.85. The van der Waals surface area contributed by atoms with Gasteiger partial charge in [-0.05, 0) is 53.1 Å². The van der Waals surface area contributed by atoms with Crippen molar-refractivity contribution in [3.63, 3.8) is 0 Å². The summed E-state index contributed by atoms with van der Waals surface area (Å²) in [5, 5.41) is 6.55. The molecule has 154 valence electrons. The molecule has 2 rings (SSSR count). The lowest BCUT2D eigenvalue weighted by Gasteiger charge is -2.46. The first-order chi connectivity index (χ1) is 12.9. The van der Waals surface area contributed by atoms with Gasteiger partial charge in [-0.3, -0.25) is 14.4 Å². The van der Waals surface area contributed by atoms with Crippen LogP contribution >= 0.6 is 0 Å². The van der Waals surface area contributed by atoms with Crippen molar-refractivity contribution in [1.29, 1.82) is 0 Å². The van der Waals surface area contributed by atoms with E-state index in [0.29, 0.717) is 19.7 Å². The number of esters is 2. The molecule has 0 bridgehead atoms. The predicted octanol–water partition coefficient (Wildman–Crippen LogP) is 0.594. The van der Waals surface area contributed by atoms with E-state index in [0.717, 1.165) is 25.9 Å². The summed E-state index contributed by atoms with van der Waals surface area (Å²) >= 11 is 0. The maximum absolute atomic E-state index is 13.4. The van der Waals surface area contributed by atoms with E-state index in [1.807, 2.05) is 4.90 Å². The number of piperazine rings is 1. The normalized spacial score (nSPS) is 24.1. The molecule has 2 N–H and O–H groups in total. The average Bonchev–Trinajstić information content (AvgIpc) is 2.62. The quantitative estimate of drug-likeness (QED) is 0.592. The molecule has 0 saturated carbocycles. The molecule has 0 unspecified atom stereocenters. The van der Waals surface area contributed by atoms with E-state index in [1.54, 1.807) is 20.8 Å². The van der Waals surface area contributed by atoms with E-state index in [1.165, 1.54) is 0 Å². The van der Waals surface area contributed by atoms with Crippen molar-refractivity contribution >= 4 is 17.8 Å². The summed E-state index contributed by atoms with van der Waals surface area (Å²) in [4.78, 5) is 39.6. The Kier molecular flexibility index (Phi) is 8.04. The molecular weight excluding hydrogens is 350 g/mol. The van der Waals surface area contributed by atoms with Gasteiger partial charge >= 0.3 is 11.9 Å². The number of rotatable bonds is 8. The highest BCUT2D eigenvalue weighted by atomic mass is 16.5. The zero-order valence-electron chi connectivity index (χ0n) is 16.7. The average molecular weight is 383 g/mol. The molecule has 8 heteroatoms. The van der Waals surface area contributed by atoms with E-state index < -0.39 is 11.5 Å². The molecule has 2 aliphatic rings. The van der Waals surface area contributed by atoms with E-state index in [-0.39, 0.29) is 43.3 Å². The number of hydrogen-bond acceptors (Lipinski definition) is 7. The van der Waals surface area contributed by atoms with Crippen molar-refractivity contribution < 1.29 is 23.9 Å². The molecule has 1 atom stereocenters. The van der Waals surface area contributed by atoms with E-state index in [4.69, 9.17) is 9.47 Å². The van der Waals surface area contributed by atoms with E-state index >= 15 is 0 Å². The minimum atomic E-state index is -1.11. The maximum atomic E-state index is 13.4. The first kappa shape index (κ1) is 21.6. The molecule has 0 aromatic heterocycles. The predicted molar refractivity (Wildman–Crippen MR) is 100 cm³/mol. The Bertz CT molecular complexity index is 533. The van der Waals surface area contributed by atoms with Crippen LogP contribution in [0.5, 0.6) is 0 Å². The summed E-state index contributed by atoms with van der Waals surface area (Å²) in [6.45, 7) is 8.57. The summed E-state index contributed by atoms with van der Waals surface area (Å²) in [7, 11) is 0. The minimum absolute atomic E-state index is 0.0785. The zero-order chi connectivity index (χ0) is 19.9. The fraction of sp³-hybridized carbons (Fsp3) is 0.842. The molecule has 0 radical (unpaired) electrons. The van der Waals surface area contributed by atoms with Crippen molar-refractivity contribution in [2.45, 2.75) is 70.6 Å². The first-order valence-corrected chi connectivity index (χ1v) is 10.00. The van der Waals surface area contributed by atoms with Crippen molar-refractivity contribution in [2.75, 3.05) is 32.8 Å². The van der Waals surface area contributed by atoms with E-state index in [9.17, 15) is 14.4 Å². The maximum Gasteiger partial charge on any atom is 0.308 e. The van der Waals surface area contributed by atoms with Gasteiger partial charge in [0.05, 0.1) is 19.1 Å². The number of nitrogens with one attached hydrogen (secondary N) is 2. The van der Waals surface area contributed by atoms with Crippen LogP contribution < -0.4 is 10.6 Å². The molecule has 0 aromatic rings. The summed E-state index contributed by atoms with van der Waals surface area (Å²) in [5.41, 5.74) is -1.11. The standard InChI is InChI=1S/C19H33N3O5/c1-4-26-16(23)5-8-19(13-17(24)27-14(2)3)18(25)22(12-11-21-19)15-6-9-20-10-7-15/h14-15,20-21H,4-13H2,1-3H3/t19-/m0/s1. The Morgan fingerprint density at radius 3 is 2.56 bits per heavy atom. The minimum Gasteiger partial charge on any atom is -0.466 e. The fourth-order valence-electron chi connectivity index (χ4n) is 3.86. The van der Waals surface area contributed by atoms with E-state index in [2.05, 4.69) is 10.6 Å². The summed E-state index contributed by atoms with van der Waals surface area (Å²) in [6.07, 6.45) is 1.77. The fourth-order valence-corrected chi connectivity index (χ4v) is 3.86. The van der Waals surface area contributed by atoms with Gasteiger partial charge in [-0.15, -0.1) is 0 Å². The number of nitrogens with zero attached hydrogens (tertiary/aromatic N) is 1. The molecule has 27 heavy (non-hydrogen) atoms. The Morgan fingerprint density at radius 1 is 1.22 bits per heavy atom. The second kappa shape index (κ2) is 10.0. The van der Waals surface area contributed by atoms with Gasteiger partial charge in [0, 0.05) is 25.6 Å². The van der Waals surface area contributed by atoms with Gasteiger partial charge in [-0.25, -0.2) is 0 Å². The summed E-state index contributed by atoms with van der Waals surface area (Å²) in [6, 6.07) is 0.170. The molecule has 2 saturated heterocycles. The summed E-state index contributed by atoms with van der Waals surface area (Å²) < 4.78 is 10.3. The Labute approximate surface area is 161 Å². The van der Waals surface area contributed by atoms with Crippen molar-refractivity contribution in [1.82, 2.24) is 15.5 Å². The Hall–Kier alpha value is -1.67. The van der Waals surface area contributed by atoms with Gasteiger partial charge in [-0.1, -0.05) is 0 Å². The lowest BCUT2D eigenvalue weighted by molar-refractivity contribution is -0.158. The van der Waals surface area contributed by atoms with Crippen LogP contribution in [0.1, 0.15) is 52.9 Å². The number of carbonyl (C=O) groups excluding carboxylic acids is 3. The Morgan fingerprint density at radius 2 is 1.93 bits per heavy atom. The molecule has 2 aliphatic heterocycles. The smallest absolute Gasteiger partial charge is 0.308 e. The van der Waals surface area contributed by atoms with Crippen LogP contribution in [-0.2, 0) is 23.9 Å². The van der Waals surface area contributed by atoms with Crippen molar-refractivity contribution in [2.24, 2.45) is 0 Å². The molecule has 1 amide bonds. The van der Waals surface area contributed by atoms with Crippen LogP contribution in [0.3, 0.4) is 0 Å². The van der Waals surface area contributed by atoms with Crippen LogP contribution in [0.25, 0.3) is 0 Å². The molecule has 8 nitrogen and oxygen atoms in total. The van der Waals surface area contributed by atoms with Gasteiger partial charge in [0.2, 0.25) is 5.91 Å². The van der Waals surface area contributed by atoms with Crippen molar-refractivity contribution in [3.8, 4) is 0 Å². The highest BCUT2D eigenvalue weighted by Gasteiger charge is 2.47. The third-order valence-electron chi connectivity index (χ3n) is 5.11. The van der Waals surface area contributed by atoms with Crippen LogP contribution in [0, 0.1) is 0 Å². The van der Waals surface area contributed by atoms with Gasteiger partial charge in [-0.2, -0.15) is 0 Å². The van der Waals surface area contributed by atoms with Crippen LogP contribution in [0.15, 0.2) is 0 Å². The molecule has 0 aliphatic carbocycles. The largest absolute Gasteiger partial charge is 0.466 e. The molecular formula is C19H33N3O5. The third kappa shape index (κ3) is 5.90. The van der Waals surface area contributed by atoms with Gasteiger partial charge in [0.25, 0.3) is 0 Å². The molecule has 0 spiro atoms. The third-order valence-corrected chi connectivity index (χ3v) is 5.11. The molecule has 2 fully saturated rings. The number of piperidine rings is 1. The SMILES string of the molecule is CCOC(=O)CC[C@@]1(CC(=O)OC(C)C)NCCN(C2CCNCC2)C1=O. The van der Waals surface area contributed by atoms with Crippen LogP contribution in [-0.4, -0.2) is 73.2 Å². The van der Waals surface area contributed by atoms with Crippen LogP contribution in [0.4, 0.5) is 0 Å². The topological polar surface area (TPSA) is 97.0 Å². The van der Waals surface area contributed by atoms with Gasteiger partial charge < -0.3 is 25.0 Å². The number of ether oxygens (including phenoxy) is 2. The highest BCUT2D eigenvalue weighted by molar-refractivity contribution is 5.92. The first-order valence-electron chi connectivity index (χ1n) is 10.00. The highest BCUT2D eigenvalue weighted by Crippen LogP contribution is 2.28. The second-order valence-electron chi connectivity index (χ2n) is 7.51. The van der Waals surface area contributed by atoms with Crippen LogP contribution in [0.2, 0.25) is 0 Å². The number of carbonyl (C=O) groups is 3. The number of amides is 1. The zero-order valence-corrected chi connectivity index (χ0v) is 16.7.